The number of ether oxygens (including phenoxy) is 3. The SMILES string of the molecule is COc1ccc(-c2nc(NC(=O)c3cc(OC)ccc3OC)sc2C)cc1. The molecule has 0 saturated heterocycles. The Labute approximate surface area is 161 Å². The molecule has 3 aromatic rings. The lowest BCUT2D eigenvalue weighted by atomic mass is 10.1. The summed E-state index contributed by atoms with van der Waals surface area (Å²) < 4.78 is 15.7. The van der Waals surface area contributed by atoms with Gasteiger partial charge in [0.1, 0.15) is 17.2 Å². The number of amides is 1. The van der Waals surface area contributed by atoms with Crippen LogP contribution < -0.4 is 19.5 Å². The van der Waals surface area contributed by atoms with Crippen molar-refractivity contribution in [3.63, 3.8) is 0 Å². The van der Waals surface area contributed by atoms with Crippen LogP contribution in [0.15, 0.2) is 42.5 Å². The first-order valence-electron chi connectivity index (χ1n) is 8.21. The van der Waals surface area contributed by atoms with Crippen molar-refractivity contribution in [2.45, 2.75) is 6.92 Å². The summed E-state index contributed by atoms with van der Waals surface area (Å²) in [4.78, 5) is 18.3. The number of methoxy groups -OCH3 is 3. The van der Waals surface area contributed by atoms with Gasteiger partial charge in [0.2, 0.25) is 0 Å². The zero-order valence-electron chi connectivity index (χ0n) is 15.5. The summed E-state index contributed by atoms with van der Waals surface area (Å²) in [5.41, 5.74) is 2.18. The summed E-state index contributed by atoms with van der Waals surface area (Å²) in [6, 6.07) is 12.7. The number of aromatic nitrogens is 1. The van der Waals surface area contributed by atoms with Crippen LogP contribution in [0.2, 0.25) is 0 Å². The summed E-state index contributed by atoms with van der Waals surface area (Å²) in [5, 5.41) is 3.37. The summed E-state index contributed by atoms with van der Waals surface area (Å²) in [5.74, 6) is 1.53. The Morgan fingerprint density at radius 3 is 2.26 bits per heavy atom. The molecule has 3 rings (SSSR count). The van der Waals surface area contributed by atoms with Gasteiger partial charge in [0.05, 0.1) is 32.6 Å². The maximum absolute atomic E-state index is 12.7. The van der Waals surface area contributed by atoms with E-state index in [9.17, 15) is 4.79 Å². The van der Waals surface area contributed by atoms with E-state index in [1.807, 2.05) is 31.2 Å². The topological polar surface area (TPSA) is 69.7 Å². The molecule has 0 saturated carbocycles. The van der Waals surface area contributed by atoms with E-state index in [1.54, 1.807) is 32.4 Å². The Morgan fingerprint density at radius 2 is 1.63 bits per heavy atom. The minimum absolute atomic E-state index is 0.305. The first kappa shape index (κ1) is 18.7. The first-order valence-corrected chi connectivity index (χ1v) is 9.02. The van der Waals surface area contributed by atoms with Crippen molar-refractivity contribution in [1.29, 1.82) is 0 Å². The highest BCUT2D eigenvalue weighted by atomic mass is 32.1. The largest absolute Gasteiger partial charge is 0.497 e. The number of hydrogen-bond donors (Lipinski definition) is 1. The molecule has 0 atom stereocenters. The highest BCUT2D eigenvalue weighted by Gasteiger charge is 2.17. The number of benzene rings is 2. The van der Waals surface area contributed by atoms with E-state index < -0.39 is 0 Å². The second-order valence-electron chi connectivity index (χ2n) is 5.67. The van der Waals surface area contributed by atoms with Gasteiger partial charge >= 0.3 is 0 Å². The maximum Gasteiger partial charge on any atom is 0.261 e. The number of hydrogen-bond acceptors (Lipinski definition) is 6. The van der Waals surface area contributed by atoms with Crippen LogP contribution in [0.4, 0.5) is 5.13 Å². The number of aryl methyl sites for hydroxylation is 1. The van der Waals surface area contributed by atoms with Crippen molar-refractivity contribution in [2.24, 2.45) is 0 Å². The van der Waals surface area contributed by atoms with Gasteiger partial charge in [-0.05, 0) is 49.4 Å². The molecule has 0 fully saturated rings. The molecule has 0 spiro atoms. The molecule has 0 radical (unpaired) electrons. The molecule has 0 unspecified atom stereocenters. The van der Waals surface area contributed by atoms with Gasteiger partial charge in [-0.15, -0.1) is 11.3 Å². The second kappa shape index (κ2) is 8.09. The predicted molar refractivity (Wildman–Crippen MR) is 106 cm³/mol. The zero-order valence-corrected chi connectivity index (χ0v) is 16.3. The van der Waals surface area contributed by atoms with Crippen LogP contribution in [0, 0.1) is 6.92 Å². The van der Waals surface area contributed by atoms with Crippen molar-refractivity contribution in [3.8, 4) is 28.5 Å². The van der Waals surface area contributed by atoms with Crippen LogP contribution in [-0.4, -0.2) is 32.2 Å². The molecule has 0 aliphatic heterocycles. The Balaban J connectivity index is 1.85. The molecule has 1 aromatic heterocycles. The van der Waals surface area contributed by atoms with Gasteiger partial charge < -0.3 is 14.2 Å². The quantitative estimate of drug-likeness (QED) is 0.682. The van der Waals surface area contributed by atoms with E-state index in [1.165, 1.54) is 18.4 Å². The Hall–Kier alpha value is -3.06. The fourth-order valence-corrected chi connectivity index (χ4v) is 3.45. The number of rotatable bonds is 6. The molecule has 0 aliphatic rings. The number of carbonyl (C=O) groups is 1. The van der Waals surface area contributed by atoms with E-state index in [4.69, 9.17) is 14.2 Å². The smallest absolute Gasteiger partial charge is 0.261 e. The highest BCUT2D eigenvalue weighted by molar-refractivity contribution is 7.16. The molecule has 0 bridgehead atoms. The van der Waals surface area contributed by atoms with E-state index in [0.29, 0.717) is 22.2 Å². The molecule has 1 amide bonds. The van der Waals surface area contributed by atoms with Gasteiger partial charge in [-0.1, -0.05) is 0 Å². The number of nitrogens with one attached hydrogen (secondary N) is 1. The first-order chi connectivity index (χ1) is 13.0. The molecular formula is C20H20N2O4S. The molecule has 2 aromatic carbocycles. The average molecular weight is 384 g/mol. The summed E-state index contributed by atoms with van der Waals surface area (Å²) in [6.45, 7) is 1.97. The van der Waals surface area contributed by atoms with Crippen molar-refractivity contribution < 1.29 is 19.0 Å². The van der Waals surface area contributed by atoms with E-state index in [2.05, 4.69) is 10.3 Å². The third kappa shape index (κ3) is 4.03. The fourth-order valence-electron chi connectivity index (χ4n) is 2.62. The third-order valence-electron chi connectivity index (χ3n) is 4.03. The minimum atomic E-state index is -0.305. The normalized spacial score (nSPS) is 10.4. The van der Waals surface area contributed by atoms with Crippen LogP contribution in [0.25, 0.3) is 11.3 Å². The summed E-state index contributed by atoms with van der Waals surface area (Å²) >= 11 is 1.42. The molecule has 0 aliphatic carbocycles. The van der Waals surface area contributed by atoms with E-state index in [-0.39, 0.29) is 5.91 Å². The second-order valence-corrected chi connectivity index (χ2v) is 6.88. The van der Waals surface area contributed by atoms with E-state index >= 15 is 0 Å². The molecule has 7 heteroatoms. The van der Waals surface area contributed by atoms with Crippen LogP contribution in [0.3, 0.4) is 0 Å². The zero-order chi connectivity index (χ0) is 19.4. The highest BCUT2D eigenvalue weighted by Crippen LogP contribution is 2.32. The summed E-state index contributed by atoms with van der Waals surface area (Å²) in [6.07, 6.45) is 0. The number of nitrogens with zero attached hydrogens (tertiary/aromatic N) is 1. The molecule has 6 nitrogen and oxygen atoms in total. The third-order valence-corrected chi connectivity index (χ3v) is 4.92. The lowest BCUT2D eigenvalue weighted by Gasteiger charge is -2.09. The fraction of sp³-hybridized carbons (Fsp3) is 0.200. The van der Waals surface area contributed by atoms with Crippen LogP contribution in [-0.2, 0) is 0 Å². The molecule has 1 N–H and O–H groups in total. The standard InChI is InChI=1S/C20H20N2O4S/c1-12-18(13-5-7-14(24-2)8-6-13)21-20(27-12)22-19(23)16-11-15(25-3)9-10-17(16)26-4/h5-11H,1-4H3,(H,21,22,23). The number of carbonyl (C=O) groups excluding carboxylic acids is 1. The minimum Gasteiger partial charge on any atom is -0.497 e. The lowest BCUT2D eigenvalue weighted by molar-refractivity contribution is 0.102. The Bertz CT molecular complexity index is 951. The summed E-state index contributed by atoms with van der Waals surface area (Å²) in [7, 11) is 4.70. The van der Waals surface area contributed by atoms with Gasteiger partial charge in [-0.25, -0.2) is 4.98 Å². The molecule has 27 heavy (non-hydrogen) atoms. The van der Waals surface area contributed by atoms with Gasteiger partial charge in [0.25, 0.3) is 5.91 Å². The van der Waals surface area contributed by atoms with Gasteiger partial charge in [-0.3, -0.25) is 10.1 Å². The lowest BCUT2D eigenvalue weighted by Crippen LogP contribution is -2.13. The number of anilines is 1. The number of thiazole rings is 1. The van der Waals surface area contributed by atoms with Gasteiger partial charge in [0.15, 0.2) is 5.13 Å². The average Bonchev–Trinajstić information content (AvgIpc) is 3.07. The van der Waals surface area contributed by atoms with Crippen molar-refractivity contribution >= 4 is 22.4 Å². The molecule has 1 heterocycles. The van der Waals surface area contributed by atoms with Gasteiger partial charge in [0, 0.05) is 10.4 Å². The molecular weight excluding hydrogens is 364 g/mol. The van der Waals surface area contributed by atoms with Crippen LogP contribution in [0.5, 0.6) is 17.2 Å². The monoisotopic (exact) mass is 384 g/mol. The van der Waals surface area contributed by atoms with Gasteiger partial charge in [-0.2, -0.15) is 0 Å². The van der Waals surface area contributed by atoms with Crippen molar-refractivity contribution in [2.75, 3.05) is 26.6 Å². The van der Waals surface area contributed by atoms with Crippen molar-refractivity contribution in [1.82, 2.24) is 4.98 Å². The molecule has 140 valence electrons. The van der Waals surface area contributed by atoms with E-state index in [0.717, 1.165) is 21.9 Å². The Morgan fingerprint density at radius 1 is 0.963 bits per heavy atom. The van der Waals surface area contributed by atoms with Crippen LogP contribution >= 0.6 is 11.3 Å². The van der Waals surface area contributed by atoms with Crippen LogP contribution in [0.1, 0.15) is 15.2 Å². The predicted octanol–water partition coefficient (Wildman–Crippen LogP) is 4.40. The Kier molecular flexibility index (Phi) is 5.61. The van der Waals surface area contributed by atoms with Crippen molar-refractivity contribution in [3.05, 3.63) is 52.9 Å². The maximum atomic E-state index is 12.7.